The van der Waals surface area contributed by atoms with E-state index in [0.717, 1.165) is 19.3 Å². The van der Waals surface area contributed by atoms with Crippen molar-refractivity contribution in [2.75, 3.05) is 6.61 Å². The maximum absolute atomic E-state index is 12.3. The fourth-order valence-electron chi connectivity index (χ4n) is 2.76. The van der Waals surface area contributed by atoms with E-state index in [2.05, 4.69) is 22.1 Å². The average Bonchev–Trinajstić information content (AvgIpc) is 2.55. The molecule has 0 unspecified atom stereocenters. The third-order valence-electron chi connectivity index (χ3n) is 4.05. The fourth-order valence-corrected chi connectivity index (χ4v) is 2.76. The van der Waals surface area contributed by atoms with Crippen molar-refractivity contribution in [1.82, 2.24) is 5.32 Å². The zero-order valence-corrected chi connectivity index (χ0v) is 13.6. The Bertz CT molecular complexity index is 567. The lowest BCUT2D eigenvalue weighted by Gasteiger charge is -2.29. The van der Waals surface area contributed by atoms with Gasteiger partial charge >= 0.3 is 6.61 Å². The van der Waals surface area contributed by atoms with E-state index in [-0.39, 0.29) is 24.3 Å². The molecule has 1 aromatic rings. The molecule has 1 amide bonds. The van der Waals surface area contributed by atoms with E-state index in [9.17, 15) is 13.6 Å². The molecular formula is C17H22F2N2O3. The molecule has 2 rings (SSSR count). The van der Waals surface area contributed by atoms with Crippen molar-refractivity contribution < 1.29 is 23.1 Å². The highest BCUT2D eigenvalue weighted by molar-refractivity contribution is 5.83. The molecule has 1 aliphatic rings. The van der Waals surface area contributed by atoms with Gasteiger partial charge in [-0.15, -0.1) is 0 Å². The molecule has 1 fully saturated rings. The number of para-hydroxylation sites is 1. The lowest BCUT2D eigenvalue weighted by atomic mass is 9.86. The molecule has 5 nitrogen and oxygen atoms in total. The van der Waals surface area contributed by atoms with Crippen LogP contribution < -0.4 is 10.1 Å². The number of hydrogen-bond donors (Lipinski definition) is 1. The third kappa shape index (κ3) is 5.79. The lowest BCUT2D eigenvalue weighted by molar-refractivity contribution is -0.126. The number of nitrogens with one attached hydrogen (secondary N) is 1. The van der Waals surface area contributed by atoms with Crippen molar-refractivity contribution in [2.45, 2.75) is 45.3 Å². The van der Waals surface area contributed by atoms with E-state index in [0.29, 0.717) is 11.5 Å². The van der Waals surface area contributed by atoms with E-state index in [1.54, 1.807) is 18.2 Å². The lowest BCUT2D eigenvalue weighted by Crippen LogP contribution is -2.42. The molecule has 1 aliphatic carbocycles. The maximum Gasteiger partial charge on any atom is 0.387 e. The fraction of sp³-hybridized carbons (Fsp3) is 0.529. The van der Waals surface area contributed by atoms with Gasteiger partial charge in [0.2, 0.25) is 0 Å². The molecule has 0 spiro atoms. The molecule has 1 N–H and O–H groups in total. The van der Waals surface area contributed by atoms with Crippen LogP contribution in [0.15, 0.2) is 29.4 Å². The Balaban J connectivity index is 1.79. The second kappa shape index (κ2) is 9.20. The minimum atomic E-state index is -2.91. The van der Waals surface area contributed by atoms with E-state index < -0.39 is 6.61 Å². The summed E-state index contributed by atoms with van der Waals surface area (Å²) in [5.74, 6) is 0.230. The minimum absolute atomic E-state index is 0.000307. The van der Waals surface area contributed by atoms with E-state index >= 15 is 0 Å². The number of nitrogens with zero attached hydrogens (tertiary/aromatic N) is 1. The van der Waals surface area contributed by atoms with Gasteiger partial charge in [0.15, 0.2) is 6.61 Å². The summed E-state index contributed by atoms with van der Waals surface area (Å²) < 4.78 is 29.0. The number of ether oxygens (including phenoxy) is 1. The van der Waals surface area contributed by atoms with Gasteiger partial charge in [-0.05, 0) is 30.9 Å². The smallest absolute Gasteiger partial charge is 0.387 e. The molecule has 1 saturated carbocycles. The summed E-state index contributed by atoms with van der Waals surface area (Å²) >= 11 is 0. The van der Waals surface area contributed by atoms with Crippen molar-refractivity contribution in [3.63, 3.8) is 0 Å². The molecule has 24 heavy (non-hydrogen) atoms. The molecule has 0 radical (unpaired) electrons. The van der Waals surface area contributed by atoms with Gasteiger partial charge in [-0.1, -0.05) is 37.1 Å². The van der Waals surface area contributed by atoms with Gasteiger partial charge in [0.05, 0.1) is 6.21 Å². The predicted molar refractivity (Wildman–Crippen MR) is 86.2 cm³/mol. The van der Waals surface area contributed by atoms with Crippen LogP contribution in [0.2, 0.25) is 0 Å². The minimum Gasteiger partial charge on any atom is -0.434 e. The highest BCUT2D eigenvalue weighted by Crippen LogP contribution is 2.23. The largest absolute Gasteiger partial charge is 0.434 e. The van der Waals surface area contributed by atoms with Gasteiger partial charge in [-0.25, -0.2) is 0 Å². The Morgan fingerprint density at radius 2 is 2.12 bits per heavy atom. The first-order chi connectivity index (χ1) is 11.6. The van der Waals surface area contributed by atoms with Gasteiger partial charge in [-0.3, -0.25) is 4.79 Å². The number of hydrogen-bond acceptors (Lipinski definition) is 4. The van der Waals surface area contributed by atoms with Crippen LogP contribution in [0.5, 0.6) is 5.75 Å². The first kappa shape index (κ1) is 18.2. The van der Waals surface area contributed by atoms with Crippen molar-refractivity contribution >= 4 is 12.1 Å². The Morgan fingerprint density at radius 1 is 1.38 bits per heavy atom. The number of halogens is 2. The maximum atomic E-state index is 12.3. The zero-order valence-electron chi connectivity index (χ0n) is 13.6. The first-order valence-corrected chi connectivity index (χ1v) is 8.05. The quantitative estimate of drug-likeness (QED) is 0.612. The Kier molecular flexibility index (Phi) is 6.96. The summed E-state index contributed by atoms with van der Waals surface area (Å²) in [5.41, 5.74) is 0.346. The van der Waals surface area contributed by atoms with E-state index in [1.165, 1.54) is 18.7 Å². The van der Waals surface area contributed by atoms with Crippen LogP contribution in [0.4, 0.5) is 8.78 Å². The molecular weight excluding hydrogens is 318 g/mol. The monoisotopic (exact) mass is 340 g/mol. The number of rotatable bonds is 7. The summed E-state index contributed by atoms with van der Waals surface area (Å²) in [6, 6.07) is 6.39. The van der Waals surface area contributed by atoms with Crippen molar-refractivity contribution in [2.24, 2.45) is 11.1 Å². The van der Waals surface area contributed by atoms with Gasteiger partial charge in [-0.2, -0.15) is 8.78 Å². The number of oxime groups is 1. The first-order valence-electron chi connectivity index (χ1n) is 8.05. The standard InChI is InChI=1S/C17H22F2N2O3/c1-12-6-2-4-8-14(12)21-16(22)11-23-20-10-13-7-3-5-9-15(13)24-17(18)19/h3,5,7,9-10,12,14,17H,2,4,6,8,11H2,1H3,(H,21,22)/b20-10-/t12-,14+/m1/s1. The number of alkyl halides is 2. The zero-order chi connectivity index (χ0) is 17.4. The van der Waals surface area contributed by atoms with Gasteiger partial charge in [0.1, 0.15) is 5.75 Å². The van der Waals surface area contributed by atoms with Crippen LogP contribution in [0.3, 0.4) is 0 Å². The van der Waals surface area contributed by atoms with Crippen molar-refractivity contribution in [3.8, 4) is 5.75 Å². The van der Waals surface area contributed by atoms with Crippen LogP contribution >= 0.6 is 0 Å². The van der Waals surface area contributed by atoms with Crippen molar-refractivity contribution in [1.29, 1.82) is 0 Å². The number of carbonyl (C=O) groups excluding carboxylic acids is 1. The summed E-state index contributed by atoms with van der Waals surface area (Å²) in [4.78, 5) is 16.8. The molecule has 2 atom stereocenters. The summed E-state index contributed by atoms with van der Waals surface area (Å²) in [5, 5.41) is 6.59. The molecule has 0 heterocycles. The SMILES string of the molecule is C[C@@H]1CCCC[C@@H]1NC(=O)CO/N=C\c1ccccc1OC(F)F. The van der Waals surface area contributed by atoms with Crippen LogP contribution in [0.25, 0.3) is 0 Å². The molecule has 132 valence electrons. The third-order valence-corrected chi connectivity index (χ3v) is 4.05. The molecule has 0 aliphatic heterocycles. The summed E-state index contributed by atoms with van der Waals surface area (Å²) in [7, 11) is 0. The summed E-state index contributed by atoms with van der Waals surface area (Å²) in [6.45, 7) is -0.996. The van der Waals surface area contributed by atoms with Crippen LogP contribution in [-0.2, 0) is 9.63 Å². The number of amides is 1. The molecule has 0 saturated heterocycles. The predicted octanol–water partition coefficient (Wildman–Crippen LogP) is 3.33. The van der Waals surface area contributed by atoms with Gasteiger partial charge in [0.25, 0.3) is 5.91 Å². The van der Waals surface area contributed by atoms with Crippen molar-refractivity contribution in [3.05, 3.63) is 29.8 Å². The molecule has 0 bridgehead atoms. The highest BCUT2D eigenvalue weighted by atomic mass is 19.3. The highest BCUT2D eigenvalue weighted by Gasteiger charge is 2.22. The molecule has 1 aromatic carbocycles. The average molecular weight is 340 g/mol. The molecule has 0 aromatic heterocycles. The van der Waals surface area contributed by atoms with Gasteiger partial charge < -0.3 is 14.9 Å². The van der Waals surface area contributed by atoms with E-state index in [4.69, 9.17) is 4.84 Å². The van der Waals surface area contributed by atoms with Crippen LogP contribution in [0, 0.1) is 5.92 Å². The second-order valence-corrected chi connectivity index (χ2v) is 5.86. The number of benzene rings is 1. The van der Waals surface area contributed by atoms with Crippen LogP contribution in [0.1, 0.15) is 38.2 Å². The van der Waals surface area contributed by atoms with E-state index in [1.807, 2.05) is 0 Å². The number of carbonyl (C=O) groups is 1. The Labute approximate surface area is 140 Å². The normalized spacial score (nSPS) is 21.0. The van der Waals surface area contributed by atoms with Gasteiger partial charge in [0, 0.05) is 11.6 Å². The second-order valence-electron chi connectivity index (χ2n) is 5.86. The molecule has 7 heteroatoms. The Morgan fingerprint density at radius 3 is 2.88 bits per heavy atom. The Hall–Kier alpha value is -2.18. The summed E-state index contributed by atoms with van der Waals surface area (Å²) in [6.07, 6.45) is 5.66. The van der Waals surface area contributed by atoms with Crippen LogP contribution in [-0.4, -0.2) is 31.4 Å². The topological polar surface area (TPSA) is 59.9 Å².